The Morgan fingerprint density at radius 2 is 1.81 bits per heavy atom. The minimum atomic E-state index is -0.839. The molecule has 2 aliphatic heterocycles. The predicted octanol–water partition coefficient (Wildman–Crippen LogP) is 0.182. The van der Waals surface area contributed by atoms with Gasteiger partial charge in [-0.25, -0.2) is 4.79 Å². The molecule has 27 heavy (non-hydrogen) atoms. The van der Waals surface area contributed by atoms with Crippen LogP contribution in [0.3, 0.4) is 0 Å². The lowest BCUT2D eigenvalue weighted by atomic mass is 10.1. The fourth-order valence-electron chi connectivity index (χ4n) is 3.57. The monoisotopic (exact) mass is 419 g/mol. The zero-order valence-corrected chi connectivity index (χ0v) is 17.3. The number of halogens is 1. The van der Waals surface area contributed by atoms with E-state index >= 15 is 0 Å². The first-order valence-corrected chi connectivity index (χ1v) is 9.94. The number of nitrogens with zero attached hydrogens (tertiary/aromatic N) is 2. The summed E-state index contributed by atoms with van der Waals surface area (Å²) in [6.07, 6.45) is 1.63. The quantitative estimate of drug-likeness (QED) is 0.376. The zero-order valence-electron chi connectivity index (χ0n) is 15.7. The molecule has 0 radical (unpaired) electrons. The van der Waals surface area contributed by atoms with Crippen molar-refractivity contribution in [2.75, 3.05) is 20.2 Å². The third kappa shape index (κ3) is 4.87. The second kappa shape index (κ2) is 9.14. The minimum absolute atomic E-state index is 0.130. The van der Waals surface area contributed by atoms with Crippen LogP contribution in [0.2, 0.25) is 0 Å². The molecular formula is C17H26ClN3O5S. The molecule has 0 saturated carbocycles. The van der Waals surface area contributed by atoms with Gasteiger partial charge in [0.1, 0.15) is 23.5 Å². The van der Waals surface area contributed by atoms with E-state index in [4.69, 9.17) is 16.3 Å². The number of hydrogen-bond acceptors (Lipinski definition) is 6. The molecule has 0 aliphatic carbocycles. The number of carbonyl (C=O) groups excluding carboxylic acids is 4. The maximum Gasteiger partial charge on any atom is 0.328 e. The first-order valence-electron chi connectivity index (χ1n) is 8.98. The molecule has 10 heteroatoms. The number of amides is 3. The summed E-state index contributed by atoms with van der Waals surface area (Å²) in [4.78, 5) is 52.3. The number of methoxy groups -OCH3 is 1. The van der Waals surface area contributed by atoms with Crippen LogP contribution in [-0.2, 0) is 23.9 Å². The maximum absolute atomic E-state index is 12.8. The van der Waals surface area contributed by atoms with Gasteiger partial charge in [0.25, 0.3) is 0 Å². The molecule has 2 fully saturated rings. The third-order valence-corrected chi connectivity index (χ3v) is 5.50. The highest BCUT2D eigenvalue weighted by molar-refractivity contribution is 7.81. The molecule has 5 atom stereocenters. The van der Waals surface area contributed by atoms with Gasteiger partial charge in [-0.1, -0.05) is 0 Å². The Bertz CT molecular complexity index is 617. The highest BCUT2D eigenvalue weighted by Gasteiger charge is 2.42. The van der Waals surface area contributed by atoms with E-state index in [1.165, 1.54) is 16.9 Å². The number of hydrogen-bond donors (Lipinski definition) is 2. The van der Waals surface area contributed by atoms with Gasteiger partial charge in [0, 0.05) is 18.3 Å². The molecule has 0 spiro atoms. The minimum Gasteiger partial charge on any atom is -0.467 e. The molecule has 1 N–H and O–H groups in total. The summed E-state index contributed by atoms with van der Waals surface area (Å²) in [5.41, 5.74) is 0. The maximum atomic E-state index is 12.8. The van der Waals surface area contributed by atoms with E-state index in [9.17, 15) is 19.2 Å². The topological polar surface area (TPSA) is 96.0 Å². The van der Waals surface area contributed by atoms with Crippen LogP contribution in [0.25, 0.3) is 0 Å². The molecular weight excluding hydrogens is 394 g/mol. The van der Waals surface area contributed by atoms with Crippen molar-refractivity contribution in [3.8, 4) is 0 Å². The molecule has 152 valence electrons. The van der Waals surface area contributed by atoms with E-state index in [-0.39, 0.29) is 17.1 Å². The van der Waals surface area contributed by atoms with E-state index in [1.54, 1.807) is 13.8 Å². The fraction of sp³-hybridized carbons (Fsp3) is 0.765. The normalized spacial score (nSPS) is 27.2. The summed E-state index contributed by atoms with van der Waals surface area (Å²) in [7, 11) is 1.27. The number of alkyl halides is 1. The first-order chi connectivity index (χ1) is 12.7. The SMILES string of the molecule is COC(=O)[C@@H]1C[C@H](S)CN1C(=O)[C@H](C)NC(=O)[C@@H]1CCCN1C(=O)[C@H](C)Cl. The predicted molar refractivity (Wildman–Crippen MR) is 103 cm³/mol. The highest BCUT2D eigenvalue weighted by Crippen LogP contribution is 2.24. The lowest BCUT2D eigenvalue weighted by Crippen LogP contribution is -2.55. The second-order valence-electron chi connectivity index (χ2n) is 6.96. The number of ether oxygens (including phenoxy) is 1. The van der Waals surface area contributed by atoms with Crippen LogP contribution in [0, 0.1) is 0 Å². The summed E-state index contributed by atoms with van der Waals surface area (Å²) < 4.78 is 4.76. The summed E-state index contributed by atoms with van der Waals surface area (Å²) in [5.74, 6) is -1.56. The Labute approximate surface area is 169 Å². The zero-order chi connectivity index (χ0) is 20.3. The van der Waals surface area contributed by atoms with Crippen molar-refractivity contribution in [3.63, 3.8) is 0 Å². The smallest absolute Gasteiger partial charge is 0.328 e. The van der Waals surface area contributed by atoms with Crippen molar-refractivity contribution >= 4 is 47.9 Å². The van der Waals surface area contributed by atoms with Gasteiger partial charge in [-0.05, 0) is 33.1 Å². The van der Waals surface area contributed by atoms with E-state index in [1.807, 2.05) is 0 Å². The fourth-order valence-corrected chi connectivity index (χ4v) is 4.07. The first kappa shape index (κ1) is 21.8. The average molecular weight is 420 g/mol. The molecule has 0 unspecified atom stereocenters. The number of carbonyl (C=O) groups is 4. The number of nitrogens with one attached hydrogen (secondary N) is 1. The molecule has 3 amide bonds. The van der Waals surface area contributed by atoms with Crippen LogP contribution in [0.5, 0.6) is 0 Å². The van der Waals surface area contributed by atoms with Gasteiger partial charge in [0.15, 0.2) is 0 Å². The number of esters is 1. The molecule has 0 aromatic rings. The molecule has 8 nitrogen and oxygen atoms in total. The summed E-state index contributed by atoms with van der Waals surface area (Å²) in [5, 5.41) is 1.83. The Morgan fingerprint density at radius 3 is 2.41 bits per heavy atom. The molecule has 2 heterocycles. The van der Waals surface area contributed by atoms with E-state index in [2.05, 4.69) is 17.9 Å². The average Bonchev–Trinajstić information content (AvgIpc) is 3.26. The Hall–Kier alpha value is -1.48. The van der Waals surface area contributed by atoms with Gasteiger partial charge in [-0.15, -0.1) is 11.6 Å². The lowest BCUT2D eigenvalue weighted by molar-refractivity contribution is -0.152. The summed E-state index contributed by atoms with van der Waals surface area (Å²) >= 11 is 10.2. The van der Waals surface area contributed by atoms with Crippen LogP contribution in [0.4, 0.5) is 0 Å². The Kier molecular flexibility index (Phi) is 7.39. The molecule has 0 aromatic carbocycles. The van der Waals surface area contributed by atoms with Crippen molar-refractivity contribution in [3.05, 3.63) is 0 Å². The summed E-state index contributed by atoms with van der Waals surface area (Å²) in [6.45, 7) is 3.90. The largest absolute Gasteiger partial charge is 0.467 e. The van der Waals surface area contributed by atoms with Crippen molar-refractivity contribution in [2.45, 2.75) is 61.9 Å². The summed E-state index contributed by atoms with van der Waals surface area (Å²) in [6, 6.07) is -2.18. The standard InChI is InChI=1S/C17H26ClN3O5S/c1-9(18)15(23)20-6-4-5-12(20)14(22)19-10(2)16(24)21-8-11(27)7-13(21)17(25)26-3/h9-13,27H,4-8H2,1-3H3,(H,19,22)/t9-,10-,11-,12-,13-/m0/s1. The van der Waals surface area contributed by atoms with Crippen LogP contribution in [0.15, 0.2) is 0 Å². The van der Waals surface area contributed by atoms with E-state index in [0.717, 1.165) is 0 Å². The van der Waals surface area contributed by atoms with E-state index < -0.39 is 35.4 Å². The van der Waals surface area contributed by atoms with Gasteiger partial charge in [0.05, 0.1) is 7.11 Å². The van der Waals surface area contributed by atoms with Crippen molar-refractivity contribution < 1.29 is 23.9 Å². The van der Waals surface area contributed by atoms with Crippen molar-refractivity contribution in [2.24, 2.45) is 0 Å². The molecule has 2 rings (SSSR count). The van der Waals surface area contributed by atoms with Crippen molar-refractivity contribution in [1.82, 2.24) is 15.1 Å². The van der Waals surface area contributed by atoms with Crippen LogP contribution in [0.1, 0.15) is 33.1 Å². The van der Waals surface area contributed by atoms with Crippen molar-refractivity contribution in [1.29, 1.82) is 0 Å². The number of rotatable bonds is 5. The van der Waals surface area contributed by atoms with Gasteiger partial charge < -0.3 is 19.9 Å². The molecule has 2 saturated heterocycles. The van der Waals surface area contributed by atoms with Crippen LogP contribution >= 0.6 is 24.2 Å². The van der Waals surface area contributed by atoms with E-state index in [0.29, 0.717) is 32.4 Å². The number of likely N-dealkylation sites (tertiary alicyclic amines) is 2. The lowest BCUT2D eigenvalue weighted by Gasteiger charge is -2.29. The Morgan fingerprint density at radius 1 is 1.15 bits per heavy atom. The Balaban J connectivity index is 2.02. The van der Waals surface area contributed by atoms with Gasteiger partial charge in [-0.3, -0.25) is 14.4 Å². The second-order valence-corrected chi connectivity index (χ2v) is 8.34. The highest BCUT2D eigenvalue weighted by atomic mass is 35.5. The van der Waals surface area contributed by atoms with Crippen LogP contribution < -0.4 is 5.32 Å². The third-order valence-electron chi connectivity index (χ3n) is 4.94. The van der Waals surface area contributed by atoms with Gasteiger partial charge in [0.2, 0.25) is 17.7 Å². The number of thiol groups is 1. The van der Waals surface area contributed by atoms with Gasteiger partial charge in [-0.2, -0.15) is 12.6 Å². The molecule has 2 aliphatic rings. The molecule has 0 aromatic heterocycles. The van der Waals surface area contributed by atoms with Crippen LogP contribution in [-0.4, -0.2) is 82.4 Å². The van der Waals surface area contributed by atoms with Gasteiger partial charge >= 0.3 is 5.97 Å². The molecule has 0 bridgehead atoms.